The quantitative estimate of drug-likeness (QED) is 0.724. The molecule has 154 valence electrons. The minimum Gasteiger partial charge on any atom is -0.547 e. The molecule has 4 aliphatic carbocycles. The molecule has 9 atom stereocenters. The van der Waals surface area contributed by atoms with E-state index in [4.69, 9.17) is 0 Å². The van der Waals surface area contributed by atoms with Gasteiger partial charge in [-0.15, -0.1) is 0 Å². The van der Waals surface area contributed by atoms with E-state index < -0.39 is 12.1 Å². The maximum atomic E-state index is 11.0. The number of carbonyl (C=O) groups excluding carboxylic acids is 1. The number of carbonyl (C=O) groups is 1. The molecular weight excluding hydrogens is 359 g/mol. The molecule has 0 spiro atoms. The van der Waals surface area contributed by atoms with Crippen LogP contribution >= 0.6 is 0 Å². The van der Waals surface area contributed by atoms with Crippen LogP contribution in [0, 0.1) is 46.3 Å². The summed E-state index contributed by atoms with van der Waals surface area (Å²) in [5.41, 5.74) is 0.918. The molecule has 0 amide bonds. The van der Waals surface area contributed by atoms with Crippen molar-refractivity contribution in [2.24, 2.45) is 46.3 Å². The van der Waals surface area contributed by atoms with Gasteiger partial charge in [-0.05, 0) is 104 Å². The van der Waals surface area contributed by atoms with Gasteiger partial charge in [-0.1, -0.05) is 33.6 Å². The Morgan fingerprint density at radius 3 is 2.43 bits per heavy atom. The summed E-state index contributed by atoms with van der Waals surface area (Å²) >= 11 is 0. The standard InChI is InChI=1S/C24H40O3.Na/c1-15(14-21(25)22(26)27)18-9-10-19-17-8-7-16-6-4-5-12-23(16,2)20(17)11-13-24(18,19)3;/h15-21,25H,4-14H2,1-3H3,(H,26,27);/q;+1/p-1/t15-,16?,17+,18-,19+,20+,21?,23+,24-;/m1./s1. The smallest absolute Gasteiger partial charge is 0.547 e. The molecule has 0 bridgehead atoms. The second-order valence-corrected chi connectivity index (χ2v) is 11.2. The molecule has 0 aromatic carbocycles. The summed E-state index contributed by atoms with van der Waals surface area (Å²) in [7, 11) is 0. The molecule has 2 unspecified atom stereocenters. The molecule has 0 aromatic rings. The van der Waals surface area contributed by atoms with E-state index in [0.29, 0.717) is 23.2 Å². The first-order chi connectivity index (χ1) is 12.8. The molecule has 0 radical (unpaired) electrons. The van der Waals surface area contributed by atoms with Crippen LogP contribution in [0.15, 0.2) is 0 Å². The second-order valence-electron chi connectivity index (χ2n) is 11.2. The van der Waals surface area contributed by atoms with Crippen molar-refractivity contribution in [1.82, 2.24) is 0 Å². The molecule has 0 aromatic heterocycles. The maximum absolute atomic E-state index is 11.0. The third-order valence-electron chi connectivity index (χ3n) is 10.2. The van der Waals surface area contributed by atoms with Crippen molar-refractivity contribution in [1.29, 1.82) is 0 Å². The van der Waals surface area contributed by atoms with Gasteiger partial charge in [0, 0.05) is 0 Å². The van der Waals surface area contributed by atoms with Crippen LogP contribution in [0.4, 0.5) is 0 Å². The average molecular weight is 399 g/mol. The van der Waals surface area contributed by atoms with Gasteiger partial charge in [0.25, 0.3) is 0 Å². The monoisotopic (exact) mass is 398 g/mol. The Hall–Kier alpha value is 0.430. The Bertz CT molecular complexity index is 580. The van der Waals surface area contributed by atoms with E-state index in [1.165, 1.54) is 64.2 Å². The van der Waals surface area contributed by atoms with Gasteiger partial charge < -0.3 is 15.0 Å². The van der Waals surface area contributed by atoms with Crippen molar-refractivity contribution in [2.75, 3.05) is 0 Å². The molecule has 28 heavy (non-hydrogen) atoms. The van der Waals surface area contributed by atoms with Gasteiger partial charge in [0.05, 0.1) is 12.1 Å². The Morgan fingerprint density at radius 2 is 1.71 bits per heavy atom. The van der Waals surface area contributed by atoms with Crippen molar-refractivity contribution >= 4 is 5.97 Å². The number of rotatable bonds is 4. The number of aliphatic hydroxyl groups excluding tert-OH is 1. The topological polar surface area (TPSA) is 60.4 Å². The zero-order chi connectivity index (χ0) is 19.4. The SMILES string of the molecule is C[C@H](CC(O)C(=O)[O-])[C@H]1CC[C@H]2[C@@H]3CCC4CCCC[C@]4(C)[C@H]3CC[C@]12C.[Na+]. The van der Waals surface area contributed by atoms with Crippen molar-refractivity contribution < 1.29 is 44.6 Å². The van der Waals surface area contributed by atoms with Gasteiger partial charge in [-0.3, -0.25) is 0 Å². The van der Waals surface area contributed by atoms with Gasteiger partial charge >= 0.3 is 29.6 Å². The fourth-order valence-corrected chi connectivity index (χ4v) is 8.88. The number of aliphatic hydroxyl groups is 1. The number of aliphatic carboxylic acids is 1. The summed E-state index contributed by atoms with van der Waals surface area (Å²) in [6.07, 6.45) is 12.9. The predicted octanol–water partition coefficient (Wildman–Crippen LogP) is 1.18. The summed E-state index contributed by atoms with van der Waals surface area (Å²) in [5, 5.41) is 20.8. The normalized spacial score (nSPS) is 47.1. The van der Waals surface area contributed by atoms with Crippen molar-refractivity contribution in [3.05, 3.63) is 0 Å². The van der Waals surface area contributed by atoms with E-state index in [-0.39, 0.29) is 35.5 Å². The summed E-state index contributed by atoms with van der Waals surface area (Å²) in [6.45, 7) is 7.29. The largest absolute Gasteiger partial charge is 1.00 e. The fraction of sp³-hybridized carbons (Fsp3) is 0.958. The van der Waals surface area contributed by atoms with Crippen LogP contribution in [0.5, 0.6) is 0 Å². The third kappa shape index (κ3) is 3.65. The number of fused-ring (bicyclic) bond motifs is 5. The van der Waals surface area contributed by atoms with Crippen molar-refractivity contribution in [3.8, 4) is 0 Å². The first kappa shape index (κ1) is 23.1. The molecule has 4 aliphatic rings. The minimum absolute atomic E-state index is 0. The van der Waals surface area contributed by atoms with Crippen LogP contribution in [0.25, 0.3) is 0 Å². The van der Waals surface area contributed by atoms with Crippen LogP contribution in [0.3, 0.4) is 0 Å². The second kappa shape index (κ2) is 8.52. The van der Waals surface area contributed by atoms with Crippen molar-refractivity contribution in [3.63, 3.8) is 0 Å². The molecule has 3 nitrogen and oxygen atoms in total. The van der Waals surface area contributed by atoms with E-state index in [1.807, 2.05) is 0 Å². The molecule has 4 heteroatoms. The predicted molar refractivity (Wildman–Crippen MR) is 105 cm³/mol. The molecule has 0 saturated heterocycles. The van der Waals surface area contributed by atoms with E-state index >= 15 is 0 Å². The zero-order valence-corrected chi connectivity index (χ0v) is 20.6. The zero-order valence-electron chi connectivity index (χ0n) is 18.6. The van der Waals surface area contributed by atoms with Gasteiger partial charge in [-0.2, -0.15) is 0 Å². The van der Waals surface area contributed by atoms with E-state index in [0.717, 1.165) is 23.7 Å². The molecule has 0 aliphatic heterocycles. The first-order valence-corrected chi connectivity index (χ1v) is 11.7. The molecule has 4 saturated carbocycles. The average Bonchev–Trinajstić information content (AvgIpc) is 2.98. The van der Waals surface area contributed by atoms with E-state index in [1.54, 1.807) is 0 Å². The molecule has 4 fully saturated rings. The number of carboxylic acid groups (broad SMARTS) is 1. The van der Waals surface area contributed by atoms with Crippen LogP contribution in [0.2, 0.25) is 0 Å². The minimum atomic E-state index is -1.31. The summed E-state index contributed by atoms with van der Waals surface area (Å²) in [6, 6.07) is 0. The third-order valence-corrected chi connectivity index (χ3v) is 10.2. The van der Waals surface area contributed by atoms with E-state index in [2.05, 4.69) is 20.8 Å². The van der Waals surface area contributed by atoms with Gasteiger partial charge in [0.2, 0.25) is 0 Å². The summed E-state index contributed by atoms with van der Waals surface area (Å²) in [5.74, 6) is 3.06. The Kier molecular flexibility index (Phi) is 7.03. The fourth-order valence-electron chi connectivity index (χ4n) is 8.88. The Morgan fingerprint density at radius 1 is 1.00 bits per heavy atom. The van der Waals surface area contributed by atoms with Crippen molar-refractivity contribution in [2.45, 2.75) is 97.5 Å². The molecular formula is C24H39NaO3. The molecule has 4 rings (SSSR count). The van der Waals surface area contributed by atoms with Crippen LogP contribution < -0.4 is 34.7 Å². The van der Waals surface area contributed by atoms with Crippen LogP contribution in [-0.2, 0) is 4.79 Å². The molecule has 1 N–H and O–H groups in total. The van der Waals surface area contributed by atoms with Gasteiger partial charge in [0.1, 0.15) is 0 Å². The number of hydrogen-bond donors (Lipinski definition) is 1. The van der Waals surface area contributed by atoms with Crippen LogP contribution in [0.1, 0.15) is 91.4 Å². The van der Waals surface area contributed by atoms with Crippen LogP contribution in [-0.4, -0.2) is 17.2 Å². The Balaban J connectivity index is 0.00000225. The number of hydrogen-bond acceptors (Lipinski definition) is 3. The number of carboxylic acids is 1. The van der Waals surface area contributed by atoms with E-state index in [9.17, 15) is 15.0 Å². The first-order valence-electron chi connectivity index (χ1n) is 11.7. The van der Waals surface area contributed by atoms with Gasteiger partial charge in [-0.25, -0.2) is 0 Å². The van der Waals surface area contributed by atoms with Gasteiger partial charge in [0.15, 0.2) is 0 Å². The molecule has 0 heterocycles. The summed E-state index contributed by atoms with van der Waals surface area (Å²) in [4.78, 5) is 11.0. The Labute approximate surface area is 193 Å². The maximum Gasteiger partial charge on any atom is 1.00 e. The summed E-state index contributed by atoms with van der Waals surface area (Å²) < 4.78 is 0.